The molecule has 0 aliphatic heterocycles. The zero-order valence-electron chi connectivity index (χ0n) is 6.41. The highest BCUT2D eigenvalue weighted by atomic mass is 127. The number of anilines is 1. The van der Waals surface area contributed by atoms with Crippen molar-refractivity contribution in [3.8, 4) is 0 Å². The predicted octanol–water partition coefficient (Wildman–Crippen LogP) is 2.78. The van der Waals surface area contributed by atoms with Gasteiger partial charge < -0.3 is 5.32 Å². The molecule has 0 fully saturated rings. The summed E-state index contributed by atoms with van der Waals surface area (Å²) in [5.74, 6) is -0.127. The van der Waals surface area contributed by atoms with E-state index in [1.54, 1.807) is 20.0 Å². The normalized spacial score (nSPS) is 9.82. The molecule has 1 nitrogen and oxygen atoms in total. The first kappa shape index (κ1) is 8.77. The summed E-state index contributed by atoms with van der Waals surface area (Å²) >= 11 is 1.98. The summed E-state index contributed by atoms with van der Waals surface area (Å²) < 4.78 is 13.8. The van der Waals surface area contributed by atoms with Gasteiger partial charge in [-0.25, -0.2) is 4.39 Å². The van der Waals surface area contributed by atoms with Crippen LogP contribution in [-0.4, -0.2) is 7.05 Å². The van der Waals surface area contributed by atoms with Gasteiger partial charge in [-0.1, -0.05) is 0 Å². The number of halogens is 2. The molecule has 0 saturated carbocycles. The fourth-order valence-corrected chi connectivity index (χ4v) is 1.51. The van der Waals surface area contributed by atoms with Crippen molar-refractivity contribution in [2.75, 3.05) is 12.4 Å². The number of hydrogen-bond acceptors (Lipinski definition) is 1. The van der Waals surface area contributed by atoms with E-state index in [0.29, 0.717) is 9.13 Å². The second kappa shape index (κ2) is 3.38. The van der Waals surface area contributed by atoms with Crippen LogP contribution in [0.2, 0.25) is 0 Å². The fourth-order valence-electron chi connectivity index (χ4n) is 0.923. The van der Waals surface area contributed by atoms with E-state index in [1.165, 1.54) is 0 Å². The molecule has 0 spiro atoms. The molecule has 0 aromatic heterocycles. The lowest BCUT2D eigenvalue weighted by atomic mass is 10.2. The van der Waals surface area contributed by atoms with Crippen molar-refractivity contribution in [3.05, 3.63) is 27.1 Å². The summed E-state index contributed by atoms with van der Waals surface area (Å²) in [6, 6.07) is 3.63. The van der Waals surface area contributed by atoms with E-state index in [9.17, 15) is 4.39 Å². The maximum absolute atomic E-state index is 13.1. The van der Waals surface area contributed by atoms with Gasteiger partial charge in [0.15, 0.2) is 0 Å². The zero-order chi connectivity index (χ0) is 8.43. The van der Waals surface area contributed by atoms with Gasteiger partial charge in [0.05, 0.1) is 0 Å². The first-order chi connectivity index (χ1) is 5.16. The third-order valence-corrected chi connectivity index (χ3v) is 2.44. The van der Waals surface area contributed by atoms with Crippen molar-refractivity contribution >= 4 is 28.3 Å². The van der Waals surface area contributed by atoms with Crippen molar-refractivity contribution in [1.29, 1.82) is 0 Å². The van der Waals surface area contributed by atoms with Gasteiger partial charge >= 0.3 is 0 Å². The molecule has 60 valence electrons. The van der Waals surface area contributed by atoms with Gasteiger partial charge in [0.2, 0.25) is 0 Å². The highest BCUT2D eigenvalue weighted by Crippen LogP contribution is 2.21. The molecular weight excluding hydrogens is 256 g/mol. The fraction of sp³-hybridized carbons (Fsp3) is 0.250. The monoisotopic (exact) mass is 265 g/mol. The molecular formula is C8H9FIN. The van der Waals surface area contributed by atoms with Crippen LogP contribution in [0.1, 0.15) is 5.56 Å². The molecule has 1 aromatic carbocycles. The highest BCUT2D eigenvalue weighted by molar-refractivity contribution is 14.1. The van der Waals surface area contributed by atoms with Gasteiger partial charge in [-0.05, 0) is 41.6 Å². The Morgan fingerprint density at radius 2 is 2.09 bits per heavy atom. The second-order valence-electron chi connectivity index (χ2n) is 2.28. The number of hydrogen-bond donors (Lipinski definition) is 1. The van der Waals surface area contributed by atoms with Crippen LogP contribution in [0.5, 0.6) is 0 Å². The van der Waals surface area contributed by atoms with Crippen LogP contribution in [0, 0.1) is 16.3 Å². The third kappa shape index (κ3) is 1.64. The SMILES string of the molecule is CNc1ccc(I)c(F)c1C. The van der Waals surface area contributed by atoms with Crippen LogP contribution < -0.4 is 5.32 Å². The minimum Gasteiger partial charge on any atom is -0.388 e. The van der Waals surface area contributed by atoms with Crippen molar-refractivity contribution in [2.24, 2.45) is 0 Å². The zero-order valence-corrected chi connectivity index (χ0v) is 8.57. The first-order valence-electron chi connectivity index (χ1n) is 3.29. The summed E-state index contributed by atoms with van der Waals surface area (Å²) in [4.78, 5) is 0. The minimum absolute atomic E-state index is 0.127. The van der Waals surface area contributed by atoms with Crippen LogP contribution in [0.3, 0.4) is 0 Å². The molecule has 0 aliphatic carbocycles. The Hall–Kier alpha value is -0.320. The van der Waals surface area contributed by atoms with E-state index in [-0.39, 0.29) is 5.82 Å². The van der Waals surface area contributed by atoms with Crippen LogP contribution in [0.4, 0.5) is 10.1 Å². The summed E-state index contributed by atoms with van der Waals surface area (Å²) in [6.45, 7) is 1.77. The average molecular weight is 265 g/mol. The lowest BCUT2D eigenvalue weighted by molar-refractivity contribution is 0.612. The van der Waals surface area contributed by atoms with E-state index >= 15 is 0 Å². The molecule has 3 heteroatoms. The molecule has 0 atom stereocenters. The van der Waals surface area contributed by atoms with Crippen molar-refractivity contribution in [3.63, 3.8) is 0 Å². The summed E-state index contributed by atoms with van der Waals surface area (Å²) in [7, 11) is 1.79. The number of rotatable bonds is 1. The van der Waals surface area contributed by atoms with Gasteiger partial charge in [-0.15, -0.1) is 0 Å². The van der Waals surface area contributed by atoms with Gasteiger partial charge in [-0.2, -0.15) is 0 Å². The maximum atomic E-state index is 13.1. The number of nitrogens with one attached hydrogen (secondary N) is 1. The van der Waals surface area contributed by atoms with Crippen LogP contribution >= 0.6 is 22.6 Å². The third-order valence-electron chi connectivity index (χ3n) is 1.61. The molecule has 0 bridgehead atoms. The van der Waals surface area contributed by atoms with E-state index in [1.807, 2.05) is 28.7 Å². The van der Waals surface area contributed by atoms with Gasteiger partial charge in [-0.3, -0.25) is 0 Å². The van der Waals surface area contributed by atoms with Crippen LogP contribution in [0.15, 0.2) is 12.1 Å². The lowest BCUT2D eigenvalue weighted by Crippen LogP contribution is -1.95. The molecule has 0 amide bonds. The van der Waals surface area contributed by atoms with Gasteiger partial charge in [0, 0.05) is 21.9 Å². The molecule has 1 N–H and O–H groups in total. The van der Waals surface area contributed by atoms with Crippen molar-refractivity contribution in [2.45, 2.75) is 6.92 Å². The van der Waals surface area contributed by atoms with E-state index in [2.05, 4.69) is 5.32 Å². The molecule has 0 saturated heterocycles. The molecule has 0 aliphatic rings. The Bertz CT molecular complexity index is 273. The summed E-state index contributed by atoms with van der Waals surface area (Å²) in [6.07, 6.45) is 0. The molecule has 1 rings (SSSR count). The van der Waals surface area contributed by atoms with E-state index in [4.69, 9.17) is 0 Å². The Balaban J connectivity index is 3.25. The largest absolute Gasteiger partial charge is 0.388 e. The maximum Gasteiger partial charge on any atom is 0.141 e. The molecule has 11 heavy (non-hydrogen) atoms. The van der Waals surface area contributed by atoms with Gasteiger partial charge in [0.25, 0.3) is 0 Å². The van der Waals surface area contributed by atoms with E-state index in [0.717, 1.165) is 5.69 Å². The summed E-state index contributed by atoms with van der Waals surface area (Å²) in [5, 5.41) is 2.92. The Kier molecular flexibility index (Phi) is 2.70. The van der Waals surface area contributed by atoms with Crippen molar-refractivity contribution < 1.29 is 4.39 Å². The second-order valence-corrected chi connectivity index (χ2v) is 3.45. The Labute approximate surface area is 79.1 Å². The average Bonchev–Trinajstić information content (AvgIpc) is 2.01. The van der Waals surface area contributed by atoms with Gasteiger partial charge in [0.1, 0.15) is 5.82 Å². The quantitative estimate of drug-likeness (QED) is 0.770. The standard InChI is InChI=1S/C8H9FIN/c1-5-7(11-2)4-3-6(10)8(5)9/h3-4,11H,1-2H3. The minimum atomic E-state index is -0.127. The number of benzene rings is 1. The smallest absolute Gasteiger partial charge is 0.141 e. The Morgan fingerprint density at radius 1 is 1.45 bits per heavy atom. The predicted molar refractivity (Wildman–Crippen MR) is 53.4 cm³/mol. The molecule has 0 radical (unpaired) electrons. The van der Waals surface area contributed by atoms with Crippen molar-refractivity contribution in [1.82, 2.24) is 0 Å². The van der Waals surface area contributed by atoms with Crippen LogP contribution in [-0.2, 0) is 0 Å². The molecule has 0 unspecified atom stereocenters. The first-order valence-corrected chi connectivity index (χ1v) is 4.37. The Morgan fingerprint density at radius 3 is 2.64 bits per heavy atom. The lowest BCUT2D eigenvalue weighted by Gasteiger charge is -2.06. The van der Waals surface area contributed by atoms with E-state index < -0.39 is 0 Å². The van der Waals surface area contributed by atoms with Crippen LogP contribution in [0.25, 0.3) is 0 Å². The highest BCUT2D eigenvalue weighted by Gasteiger charge is 2.05. The topological polar surface area (TPSA) is 12.0 Å². The summed E-state index contributed by atoms with van der Waals surface area (Å²) in [5.41, 5.74) is 1.53. The molecule has 0 heterocycles. The molecule has 1 aromatic rings.